The van der Waals surface area contributed by atoms with Gasteiger partial charge in [-0.1, -0.05) is 41.9 Å². The van der Waals surface area contributed by atoms with E-state index < -0.39 is 29.7 Å². The zero-order valence-electron chi connectivity index (χ0n) is 15.2. The van der Waals surface area contributed by atoms with Crippen LogP contribution in [0, 0.1) is 5.82 Å². The molecular weight excluding hydrogens is 387 g/mol. The summed E-state index contributed by atoms with van der Waals surface area (Å²) in [7, 11) is 0. The lowest BCUT2D eigenvalue weighted by Crippen LogP contribution is -2.34. The first-order valence-electron chi connectivity index (χ1n) is 8.27. The quantitative estimate of drug-likeness (QED) is 0.570. The van der Waals surface area contributed by atoms with Crippen molar-refractivity contribution in [1.82, 2.24) is 5.32 Å². The number of carbonyl (C=O) groups excluding carboxylic acids is 3. The van der Waals surface area contributed by atoms with Gasteiger partial charge in [0.1, 0.15) is 11.5 Å². The summed E-state index contributed by atoms with van der Waals surface area (Å²) in [5, 5.41) is 4.88. The number of halogens is 2. The first-order chi connectivity index (χ1) is 13.3. The van der Waals surface area contributed by atoms with Crippen molar-refractivity contribution in [2.75, 3.05) is 5.32 Å². The second-order valence-corrected chi connectivity index (χ2v) is 6.25. The molecule has 146 valence electrons. The maximum absolute atomic E-state index is 13.8. The third-order valence-corrected chi connectivity index (χ3v) is 3.72. The summed E-state index contributed by atoms with van der Waals surface area (Å²) in [6.45, 7) is 2.57. The predicted molar refractivity (Wildman–Crippen MR) is 104 cm³/mol. The van der Waals surface area contributed by atoms with Crippen molar-refractivity contribution in [2.24, 2.45) is 0 Å². The van der Waals surface area contributed by atoms with Gasteiger partial charge < -0.3 is 15.4 Å². The Hall–Kier alpha value is -3.19. The standard InChI is InChI=1S/C20H18ClFN2O4/c1-12(19(26)24-17-9-8-15(21)11-16(17)22)28-20(27)18(23-13(2)25)10-14-6-4-3-5-7-14/h3-12H,1-2H3,(H,23,25)(H,24,26)/b18-10-/t12-/m1/s1. The lowest BCUT2D eigenvalue weighted by Gasteiger charge is -2.15. The lowest BCUT2D eigenvalue weighted by atomic mass is 10.2. The SMILES string of the molecule is CC(=O)N/C(=C\c1ccccc1)C(=O)O[C@H](C)C(=O)Nc1ccc(Cl)cc1F. The van der Waals surface area contributed by atoms with Gasteiger partial charge in [0.05, 0.1) is 5.69 Å². The second kappa shape index (κ2) is 9.66. The van der Waals surface area contributed by atoms with E-state index in [0.717, 1.165) is 6.07 Å². The van der Waals surface area contributed by atoms with Crippen LogP contribution in [-0.4, -0.2) is 23.9 Å². The molecule has 0 radical (unpaired) electrons. The zero-order chi connectivity index (χ0) is 20.7. The van der Waals surface area contributed by atoms with Gasteiger partial charge in [-0.05, 0) is 36.8 Å². The van der Waals surface area contributed by atoms with E-state index in [2.05, 4.69) is 10.6 Å². The summed E-state index contributed by atoms with van der Waals surface area (Å²) in [5.41, 5.74) is 0.429. The number of benzene rings is 2. The molecule has 0 aliphatic carbocycles. The van der Waals surface area contributed by atoms with Gasteiger partial charge in [0.15, 0.2) is 6.10 Å². The van der Waals surface area contributed by atoms with Crippen LogP contribution in [0.5, 0.6) is 0 Å². The van der Waals surface area contributed by atoms with E-state index in [0.29, 0.717) is 5.56 Å². The molecule has 2 amide bonds. The number of rotatable bonds is 6. The zero-order valence-corrected chi connectivity index (χ0v) is 15.9. The van der Waals surface area contributed by atoms with E-state index in [4.69, 9.17) is 16.3 Å². The van der Waals surface area contributed by atoms with Crippen molar-refractivity contribution in [3.05, 3.63) is 70.6 Å². The van der Waals surface area contributed by atoms with Crippen LogP contribution in [0.4, 0.5) is 10.1 Å². The van der Waals surface area contributed by atoms with Crippen molar-refractivity contribution in [2.45, 2.75) is 20.0 Å². The normalized spacial score (nSPS) is 12.1. The summed E-state index contributed by atoms with van der Waals surface area (Å²) in [4.78, 5) is 36.0. The summed E-state index contributed by atoms with van der Waals surface area (Å²) in [6, 6.07) is 12.5. The number of anilines is 1. The topological polar surface area (TPSA) is 84.5 Å². The van der Waals surface area contributed by atoms with E-state index in [1.54, 1.807) is 30.3 Å². The van der Waals surface area contributed by atoms with Gasteiger partial charge in [0.25, 0.3) is 5.91 Å². The van der Waals surface area contributed by atoms with Crippen LogP contribution in [-0.2, 0) is 19.1 Å². The summed E-state index contributed by atoms with van der Waals surface area (Å²) in [5.74, 6) is -2.84. The highest BCUT2D eigenvalue weighted by Crippen LogP contribution is 2.19. The molecule has 2 aromatic carbocycles. The van der Waals surface area contributed by atoms with E-state index in [1.165, 1.54) is 32.1 Å². The van der Waals surface area contributed by atoms with Crippen LogP contribution >= 0.6 is 11.6 Å². The molecule has 0 fully saturated rings. The average molecular weight is 405 g/mol. The molecule has 0 heterocycles. The average Bonchev–Trinajstić information content (AvgIpc) is 2.63. The Bertz CT molecular complexity index is 916. The molecular formula is C20H18ClFN2O4. The van der Waals surface area contributed by atoms with Gasteiger partial charge in [-0.2, -0.15) is 0 Å². The molecule has 0 spiro atoms. The number of hydrogen-bond acceptors (Lipinski definition) is 4. The van der Waals surface area contributed by atoms with Gasteiger partial charge in [-0.3, -0.25) is 9.59 Å². The van der Waals surface area contributed by atoms with Gasteiger partial charge in [0.2, 0.25) is 5.91 Å². The molecule has 0 unspecified atom stereocenters. The molecule has 0 saturated heterocycles. The largest absolute Gasteiger partial charge is 0.448 e. The Labute approximate surface area is 166 Å². The van der Waals surface area contributed by atoms with Crippen molar-refractivity contribution >= 4 is 41.1 Å². The third kappa shape index (κ3) is 6.21. The first-order valence-corrected chi connectivity index (χ1v) is 8.65. The number of amides is 2. The summed E-state index contributed by atoms with van der Waals surface area (Å²) >= 11 is 5.66. The number of esters is 1. The highest BCUT2D eigenvalue weighted by molar-refractivity contribution is 6.30. The van der Waals surface area contributed by atoms with Crippen LogP contribution in [0.15, 0.2) is 54.2 Å². The molecule has 2 rings (SSSR count). The molecule has 6 nitrogen and oxygen atoms in total. The monoisotopic (exact) mass is 404 g/mol. The maximum Gasteiger partial charge on any atom is 0.355 e. The predicted octanol–water partition coefficient (Wildman–Crippen LogP) is 3.53. The Kier molecular flexibility index (Phi) is 7.28. The van der Waals surface area contributed by atoms with Gasteiger partial charge in [-0.25, -0.2) is 9.18 Å². The minimum Gasteiger partial charge on any atom is -0.448 e. The number of carbonyl (C=O) groups is 3. The number of ether oxygens (including phenoxy) is 1. The fourth-order valence-electron chi connectivity index (χ4n) is 2.15. The van der Waals surface area contributed by atoms with E-state index in [9.17, 15) is 18.8 Å². The maximum atomic E-state index is 13.8. The van der Waals surface area contributed by atoms with Crippen LogP contribution in [0.25, 0.3) is 6.08 Å². The molecule has 8 heteroatoms. The summed E-state index contributed by atoms with van der Waals surface area (Å²) in [6.07, 6.45) is 0.184. The van der Waals surface area contributed by atoms with Crippen LogP contribution in [0.1, 0.15) is 19.4 Å². The fraction of sp³-hybridized carbons (Fsp3) is 0.150. The molecule has 2 aromatic rings. The van der Waals surface area contributed by atoms with Crippen molar-refractivity contribution in [1.29, 1.82) is 0 Å². The highest BCUT2D eigenvalue weighted by atomic mass is 35.5. The molecule has 0 aliphatic heterocycles. The smallest absolute Gasteiger partial charge is 0.355 e. The minimum atomic E-state index is -1.24. The summed E-state index contributed by atoms with van der Waals surface area (Å²) < 4.78 is 18.9. The third-order valence-electron chi connectivity index (χ3n) is 3.48. The van der Waals surface area contributed by atoms with E-state index >= 15 is 0 Å². The number of hydrogen-bond donors (Lipinski definition) is 2. The Morgan fingerprint density at radius 2 is 1.82 bits per heavy atom. The molecule has 2 N–H and O–H groups in total. The number of nitrogens with one attached hydrogen (secondary N) is 2. The molecule has 1 atom stereocenters. The van der Waals surface area contributed by atoms with Crippen LogP contribution in [0.3, 0.4) is 0 Å². The molecule has 28 heavy (non-hydrogen) atoms. The molecule has 0 bridgehead atoms. The Morgan fingerprint density at radius 1 is 1.14 bits per heavy atom. The first kappa shape index (κ1) is 21.1. The Balaban J connectivity index is 2.09. The van der Waals surface area contributed by atoms with Crippen molar-refractivity contribution < 1.29 is 23.5 Å². The van der Waals surface area contributed by atoms with Gasteiger partial charge >= 0.3 is 5.97 Å². The van der Waals surface area contributed by atoms with Gasteiger partial charge in [-0.15, -0.1) is 0 Å². The van der Waals surface area contributed by atoms with Crippen LogP contribution in [0.2, 0.25) is 5.02 Å². The molecule has 0 aromatic heterocycles. The highest BCUT2D eigenvalue weighted by Gasteiger charge is 2.22. The molecule has 0 saturated carbocycles. The molecule has 0 aliphatic rings. The van der Waals surface area contributed by atoms with E-state index in [-0.39, 0.29) is 16.4 Å². The Morgan fingerprint density at radius 3 is 2.43 bits per heavy atom. The fourth-order valence-corrected chi connectivity index (χ4v) is 2.31. The van der Waals surface area contributed by atoms with Crippen LogP contribution < -0.4 is 10.6 Å². The van der Waals surface area contributed by atoms with Crippen molar-refractivity contribution in [3.63, 3.8) is 0 Å². The van der Waals surface area contributed by atoms with Gasteiger partial charge in [0, 0.05) is 11.9 Å². The minimum absolute atomic E-state index is 0.0980. The van der Waals surface area contributed by atoms with E-state index in [1.807, 2.05) is 0 Å². The second-order valence-electron chi connectivity index (χ2n) is 5.81. The lowest BCUT2D eigenvalue weighted by molar-refractivity contribution is -0.149. The van der Waals surface area contributed by atoms with Crippen molar-refractivity contribution in [3.8, 4) is 0 Å².